The van der Waals surface area contributed by atoms with E-state index in [1.54, 1.807) is 0 Å². The lowest BCUT2D eigenvalue weighted by molar-refractivity contribution is -0.868. The van der Waals surface area contributed by atoms with Crippen LogP contribution in [0.5, 0.6) is 0 Å². The molecule has 1 heterocycles. The first-order chi connectivity index (χ1) is 6.33. The predicted octanol–water partition coefficient (Wildman–Crippen LogP) is 1.38. The molecule has 0 saturated heterocycles. The SMILES string of the molecule is F[B-](F)(O[n+]1ccccc1)C(F)(F)F. The van der Waals surface area contributed by atoms with Gasteiger partial charge < -0.3 is 13.4 Å². The molecule has 78 valence electrons. The molecule has 0 bridgehead atoms. The number of rotatable bonds is 2. The van der Waals surface area contributed by atoms with Gasteiger partial charge >= 0.3 is 13.0 Å². The zero-order valence-corrected chi connectivity index (χ0v) is 6.71. The Bertz CT molecular complexity index is 301. The molecule has 14 heavy (non-hydrogen) atoms. The minimum atomic E-state index is -5.86. The largest absolute Gasteiger partial charge is 0.658 e. The number of aromatic nitrogens is 1. The molecule has 0 atom stereocenters. The van der Waals surface area contributed by atoms with E-state index in [9.17, 15) is 21.8 Å². The first-order valence-electron chi connectivity index (χ1n) is 3.56. The van der Waals surface area contributed by atoms with Gasteiger partial charge in [-0.15, -0.1) is 0 Å². The average Bonchev–Trinajstić information content (AvgIpc) is 2.03. The molecule has 2 nitrogen and oxygen atoms in total. The Kier molecular flexibility index (Phi) is 2.63. The lowest BCUT2D eigenvalue weighted by Crippen LogP contribution is -2.61. The van der Waals surface area contributed by atoms with E-state index in [4.69, 9.17) is 0 Å². The Morgan fingerprint density at radius 1 is 1.00 bits per heavy atom. The second kappa shape index (κ2) is 3.43. The topological polar surface area (TPSA) is 13.1 Å². The van der Waals surface area contributed by atoms with Crippen molar-refractivity contribution in [1.82, 2.24) is 0 Å². The molecule has 0 spiro atoms. The lowest BCUT2D eigenvalue weighted by atomic mass is 9.87. The molecule has 0 amide bonds. The first kappa shape index (κ1) is 10.7. The van der Waals surface area contributed by atoms with Crippen LogP contribution in [-0.4, -0.2) is 13.0 Å². The van der Waals surface area contributed by atoms with E-state index < -0.39 is 13.0 Å². The van der Waals surface area contributed by atoms with Crippen molar-refractivity contribution < 1.29 is 31.3 Å². The molecule has 0 N–H and O–H groups in total. The van der Waals surface area contributed by atoms with E-state index in [0.29, 0.717) is 4.73 Å². The van der Waals surface area contributed by atoms with Crippen molar-refractivity contribution in [3.05, 3.63) is 30.6 Å². The third-order valence-corrected chi connectivity index (χ3v) is 1.32. The van der Waals surface area contributed by atoms with E-state index >= 15 is 0 Å². The summed E-state index contributed by atoms with van der Waals surface area (Å²) in [5, 5.41) is 0. The fraction of sp³-hybridized carbons (Fsp3) is 0.167. The Morgan fingerprint density at radius 3 is 1.93 bits per heavy atom. The first-order valence-corrected chi connectivity index (χ1v) is 3.56. The second-order valence-corrected chi connectivity index (χ2v) is 2.48. The highest BCUT2D eigenvalue weighted by atomic mass is 19.4. The Balaban J connectivity index is 2.79. The van der Waals surface area contributed by atoms with Gasteiger partial charge in [-0.1, -0.05) is 6.07 Å². The van der Waals surface area contributed by atoms with Crippen LogP contribution in [0.25, 0.3) is 0 Å². The third kappa shape index (κ3) is 2.33. The van der Waals surface area contributed by atoms with Gasteiger partial charge in [0.15, 0.2) is 0 Å². The summed E-state index contributed by atoms with van der Waals surface area (Å²) < 4.78 is 63.4. The molecule has 1 rings (SSSR count). The maximum Gasteiger partial charge on any atom is 0.658 e. The van der Waals surface area contributed by atoms with Gasteiger partial charge in [-0.05, 0) is 4.73 Å². The maximum absolute atomic E-state index is 12.3. The van der Waals surface area contributed by atoms with Crippen molar-refractivity contribution >= 4 is 6.90 Å². The van der Waals surface area contributed by atoms with Gasteiger partial charge in [0.05, 0.1) is 0 Å². The molecule has 8 heteroatoms. The predicted molar refractivity (Wildman–Crippen MR) is 37.2 cm³/mol. The standard InChI is InChI=1S/C6H5BF5NO/c8-6(9,10)7(11,12)14-13-4-2-1-3-5-13/h1-5H. The highest BCUT2D eigenvalue weighted by Gasteiger charge is 2.60. The zero-order chi connectivity index (χ0) is 10.8. The van der Waals surface area contributed by atoms with E-state index in [1.807, 2.05) is 0 Å². The molecule has 0 fully saturated rings. The van der Waals surface area contributed by atoms with Gasteiger partial charge in [-0.3, -0.25) is 0 Å². The lowest BCUT2D eigenvalue weighted by Gasteiger charge is -2.22. The number of alkyl halides is 3. The van der Waals surface area contributed by atoms with Crippen molar-refractivity contribution in [2.75, 3.05) is 0 Å². The van der Waals surface area contributed by atoms with Gasteiger partial charge in [-0.2, -0.15) is 0 Å². The Morgan fingerprint density at radius 2 is 1.50 bits per heavy atom. The molecule has 0 aromatic carbocycles. The quantitative estimate of drug-likeness (QED) is 0.410. The summed E-state index contributed by atoms with van der Waals surface area (Å²) >= 11 is 0. The van der Waals surface area contributed by atoms with Crippen molar-refractivity contribution in [1.29, 1.82) is 0 Å². The molecule has 0 aliphatic carbocycles. The summed E-state index contributed by atoms with van der Waals surface area (Å²) in [4.78, 5) is 0. The minimum Gasteiger partial charge on any atom is -0.432 e. The van der Waals surface area contributed by atoms with Crippen LogP contribution in [0.3, 0.4) is 0 Å². The Labute approximate surface area is 75.9 Å². The summed E-state index contributed by atoms with van der Waals surface area (Å²) in [6.45, 7) is -5.86. The number of nitrogens with zero attached hydrogens (tertiary/aromatic N) is 1. The van der Waals surface area contributed by atoms with Crippen LogP contribution in [0.1, 0.15) is 0 Å². The van der Waals surface area contributed by atoms with Crippen molar-refractivity contribution in [3.8, 4) is 0 Å². The molecular formula is C6H5BF5NO. The van der Waals surface area contributed by atoms with Crippen molar-refractivity contribution in [2.45, 2.75) is 6.08 Å². The molecule has 0 saturated carbocycles. The number of halogens is 5. The monoisotopic (exact) mass is 213 g/mol. The van der Waals surface area contributed by atoms with Crippen LogP contribution in [0.15, 0.2) is 30.6 Å². The summed E-state index contributed by atoms with van der Waals surface area (Å²) in [5.74, 6) is 0. The van der Waals surface area contributed by atoms with Gasteiger partial charge in [0.1, 0.15) is 0 Å². The number of pyridine rings is 1. The van der Waals surface area contributed by atoms with Gasteiger partial charge in [0.25, 0.3) is 0 Å². The summed E-state index contributed by atoms with van der Waals surface area (Å²) in [6.07, 6.45) is -3.77. The molecule has 1 aromatic rings. The molecule has 1 aromatic heterocycles. The van der Waals surface area contributed by atoms with Gasteiger partial charge in [-0.25, -0.2) is 13.2 Å². The van der Waals surface area contributed by atoms with Crippen molar-refractivity contribution in [3.63, 3.8) is 0 Å². The van der Waals surface area contributed by atoms with Crippen molar-refractivity contribution in [2.24, 2.45) is 0 Å². The van der Waals surface area contributed by atoms with E-state index in [2.05, 4.69) is 4.76 Å². The van der Waals surface area contributed by atoms with Crippen LogP contribution < -0.4 is 9.49 Å². The van der Waals surface area contributed by atoms with Crippen LogP contribution >= 0.6 is 0 Å². The molecule has 0 unspecified atom stereocenters. The van der Waals surface area contributed by atoms with E-state index in [-0.39, 0.29) is 0 Å². The normalized spacial score (nSPS) is 12.6. The summed E-state index contributed by atoms with van der Waals surface area (Å²) in [7, 11) is 0. The third-order valence-electron chi connectivity index (χ3n) is 1.32. The zero-order valence-electron chi connectivity index (χ0n) is 6.71. The van der Waals surface area contributed by atoms with E-state index in [0.717, 1.165) is 12.4 Å². The molecule has 0 aliphatic heterocycles. The summed E-state index contributed by atoms with van der Waals surface area (Å²) in [6, 6.07) is 3.99. The van der Waals surface area contributed by atoms with Gasteiger partial charge in [0, 0.05) is 12.1 Å². The smallest absolute Gasteiger partial charge is 0.432 e. The average molecular weight is 213 g/mol. The highest BCUT2D eigenvalue weighted by Crippen LogP contribution is 2.28. The van der Waals surface area contributed by atoms with Crippen LogP contribution in [-0.2, 0) is 0 Å². The molecule has 0 radical (unpaired) electrons. The molecule has 0 aliphatic rings. The Hall–Kier alpha value is -1.34. The van der Waals surface area contributed by atoms with Crippen LogP contribution in [0, 0.1) is 0 Å². The minimum absolute atomic E-state index is 0.313. The highest BCUT2D eigenvalue weighted by molar-refractivity contribution is 6.61. The van der Waals surface area contributed by atoms with E-state index in [1.165, 1.54) is 18.2 Å². The summed E-state index contributed by atoms with van der Waals surface area (Å²) in [5.41, 5.74) is 0. The van der Waals surface area contributed by atoms with Crippen LogP contribution in [0.4, 0.5) is 21.8 Å². The van der Waals surface area contributed by atoms with Gasteiger partial charge in [0.2, 0.25) is 12.4 Å². The maximum atomic E-state index is 12.3. The number of hydrogen-bond donors (Lipinski definition) is 0. The molecular weight excluding hydrogens is 208 g/mol. The fourth-order valence-electron chi connectivity index (χ4n) is 0.666. The number of hydrogen-bond acceptors (Lipinski definition) is 1. The van der Waals surface area contributed by atoms with Crippen LogP contribution in [0.2, 0.25) is 0 Å². The fourth-order valence-corrected chi connectivity index (χ4v) is 0.666. The second-order valence-electron chi connectivity index (χ2n) is 2.48.